The summed E-state index contributed by atoms with van der Waals surface area (Å²) in [4.78, 5) is 16.1. The molecule has 98 valence electrons. The van der Waals surface area contributed by atoms with Crippen LogP contribution >= 0.6 is 0 Å². The first kappa shape index (κ1) is 13.0. The lowest BCUT2D eigenvalue weighted by Crippen LogP contribution is -2.45. The predicted octanol–water partition coefficient (Wildman–Crippen LogP) is 0.574. The number of aliphatic hydroxyl groups is 1. The molecular formula is C13H19N3O2. The summed E-state index contributed by atoms with van der Waals surface area (Å²) in [5.74, 6) is -0.168. The second kappa shape index (κ2) is 5.93. The Morgan fingerprint density at radius 2 is 2.28 bits per heavy atom. The highest BCUT2D eigenvalue weighted by molar-refractivity contribution is 5.94. The van der Waals surface area contributed by atoms with Crippen molar-refractivity contribution in [3.63, 3.8) is 0 Å². The van der Waals surface area contributed by atoms with Gasteiger partial charge < -0.3 is 16.2 Å². The third-order valence-electron chi connectivity index (χ3n) is 3.33. The van der Waals surface area contributed by atoms with Crippen LogP contribution in [-0.2, 0) is 6.54 Å². The number of rotatable bonds is 3. The minimum absolute atomic E-state index is 0.138. The van der Waals surface area contributed by atoms with Crippen LogP contribution in [0.4, 0.5) is 0 Å². The molecule has 1 heterocycles. The highest BCUT2D eigenvalue weighted by Gasteiger charge is 2.24. The Balaban J connectivity index is 2.02. The maximum absolute atomic E-state index is 12.0. The Bertz CT molecular complexity index is 422. The average Bonchev–Trinajstić information content (AvgIpc) is 2.41. The van der Waals surface area contributed by atoms with Gasteiger partial charge >= 0.3 is 0 Å². The van der Waals surface area contributed by atoms with Gasteiger partial charge in [0.25, 0.3) is 5.91 Å². The summed E-state index contributed by atoms with van der Waals surface area (Å²) in [6, 6.07) is 3.20. The van der Waals surface area contributed by atoms with E-state index in [0.29, 0.717) is 17.8 Å². The lowest BCUT2D eigenvalue weighted by molar-refractivity contribution is 0.0717. The van der Waals surface area contributed by atoms with Gasteiger partial charge in [0.15, 0.2) is 0 Å². The number of amides is 1. The normalized spacial score (nSPS) is 23.7. The van der Waals surface area contributed by atoms with Crippen LogP contribution in [0.15, 0.2) is 18.3 Å². The number of aromatic nitrogens is 1. The minimum atomic E-state index is -0.432. The fraction of sp³-hybridized carbons (Fsp3) is 0.538. The van der Waals surface area contributed by atoms with Crippen LogP contribution in [0.25, 0.3) is 0 Å². The molecule has 0 radical (unpaired) electrons. The van der Waals surface area contributed by atoms with Gasteiger partial charge in [-0.15, -0.1) is 0 Å². The van der Waals surface area contributed by atoms with Gasteiger partial charge in [-0.1, -0.05) is 12.8 Å². The second-order valence-corrected chi connectivity index (χ2v) is 4.67. The van der Waals surface area contributed by atoms with Crippen molar-refractivity contribution in [1.82, 2.24) is 10.3 Å². The third-order valence-corrected chi connectivity index (χ3v) is 3.33. The molecule has 0 bridgehead atoms. The quantitative estimate of drug-likeness (QED) is 0.731. The van der Waals surface area contributed by atoms with Crippen LogP contribution in [0.2, 0.25) is 0 Å². The summed E-state index contributed by atoms with van der Waals surface area (Å²) in [5.41, 5.74) is 6.72. The highest BCUT2D eigenvalue weighted by Crippen LogP contribution is 2.18. The zero-order valence-corrected chi connectivity index (χ0v) is 10.3. The largest absolute Gasteiger partial charge is 0.391 e. The Labute approximate surface area is 106 Å². The van der Waals surface area contributed by atoms with Crippen molar-refractivity contribution >= 4 is 5.91 Å². The molecule has 1 aliphatic carbocycles. The van der Waals surface area contributed by atoms with Gasteiger partial charge in [-0.3, -0.25) is 9.78 Å². The average molecular weight is 249 g/mol. The van der Waals surface area contributed by atoms with Crippen molar-refractivity contribution in [3.8, 4) is 0 Å². The van der Waals surface area contributed by atoms with Gasteiger partial charge in [0.1, 0.15) is 0 Å². The van der Waals surface area contributed by atoms with E-state index in [1.807, 2.05) is 0 Å². The van der Waals surface area contributed by atoms with Crippen molar-refractivity contribution in [3.05, 3.63) is 29.6 Å². The maximum Gasteiger partial charge on any atom is 0.251 e. The number of hydrogen-bond donors (Lipinski definition) is 3. The highest BCUT2D eigenvalue weighted by atomic mass is 16.3. The van der Waals surface area contributed by atoms with Gasteiger partial charge in [0.2, 0.25) is 0 Å². The molecule has 0 spiro atoms. The zero-order chi connectivity index (χ0) is 13.0. The fourth-order valence-corrected chi connectivity index (χ4v) is 2.26. The summed E-state index contributed by atoms with van der Waals surface area (Å²) < 4.78 is 0. The topological polar surface area (TPSA) is 88.2 Å². The molecule has 1 aromatic heterocycles. The zero-order valence-electron chi connectivity index (χ0n) is 10.3. The number of carbonyl (C=O) groups excluding carboxylic acids is 1. The molecule has 0 aliphatic heterocycles. The standard InChI is InChI=1S/C13H19N3O2/c14-8-10-7-9(5-6-15-10)13(18)16-11-3-1-2-4-12(11)17/h5-7,11-12,17H,1-4,8,14H2,(H,16,18)/t11-,12-/m1/s1. The second-order valence-electron chi connectivity index (χ2n) is 4.67. The molecule has 5 heteroatoms. The first-order valence-electron chi connectivity index (χ1n) is 6.34. The molecule has 1 amide bonds. The van der Waals surface area contributed by atoms with Crippen molar-refractivity contribution in [1.29, 1.82) is 0 Å². The Morgan fingerprint density at radius 3 is 3.00 bits per heavy atom. The molecule has 1 fully saturated rings. The first-order chi connectivity index (χ1) is 8.70. The van der Waals surface area contributed by atoms with Crippen molar-refractivity contribution < 1.29 is 9.90 Å². The summed E-state index contributed by atoms with van der Waals surface area (Å²) in [6.07, 6.45) is 4.82. The van der Waals surface area contributed by atoms with E-state index >= 15 is 0 Å². The molecule has 5 nitrogen and oxygen atoms in total. The Kier molecular flexibility index (Phi) is 4.28. The number of nitrogens with one attached hydrogen (secondary N) is 1. The summed E-state index contributed by atoms with van der Waals surface area (Å²) in [7, 11) is 0. The summed E-state index contributed by atoms with van der Waals surface area (Å²) >= 11 is 0. The molecular weight excluding hydrogens is 230 g/mol. The van der Waals surface area contributed by atoms with E-state index in [9.17, 15) is 9.90 Å². The van der Waals surface area contributed by atoms with E-state index in [1.165, 1.54) is 0 Å². The first-order valence-corrected chi connectivity index (χ1v) is 6.34. The van der Waals surface area contributed by atoms with Crippen LogP contribution in [0.3, 0.4) is 0 Å². The van der Waals surface area contributed by atoms with Crippen molar-refractivity contribution in [2.75, 3.05) is 0 Å². The number of carbonyl (C=O) groups is 1. The predicted molar refractivity (Wildman–Crippen MR) is 67.9 cm³/mol. The molecule has 18 heavy (non-hydrogen) atoms. The SMILES string of the molecule is NCc1cc(C(=O)N[C@@H]2CCCC[C@H]2O)ccn1. The van der Waals surface area contributed by atoms with Gasteiger partial charge in [0.05, 0.1) is 17.8 Å². The number of aliphatic hydroxyl groups excluding tert-OH is 1. The number of pyridine rings is 1. The molecule has 0 unspecified atom stereocenters. The Hall–Kier alpha value is -1.46. The van der Waals surface area contributed by atoms with E-state index in [2.05, 4.69) is 10.3 Å². The monoisotopic (exact) mass is 249 g/mol. The van der Waals surface area contributed by atoms with Crippen LogP contribution in [0.1, 0.15) is 41.7 Å². The van der Waals surface area contributed by atoms with Gasteiger partial charge in [-0.25, -0.2) is 0 Å². The molecule has 4 N–H and O–H groups in total. The summed E-state index contributed by atoms with van der Waals surface area (Å²) in [5, 5.41) is 12.7. The fourth-order valence-electron chi connectivity index (χ4n) is 2.26. The van der Waals surface area contributed by atoms with Crippen LogP contribution in [-0.4, -0.2) is 28.1 Å². The van der Waals surface area contributed by atoms with Crippen molar-refractivity contribution in [2.24, 2.45) is 5.73 Å². The van der Waals surface area contributed by atoms with Gasteiger partial charge in [-0.05, 0) is 25.0 Å². The lowest BCUT2D eigenvalue weighted by Gasteiger charge is -2.28. The molecule has 1 aromatic rings. The molecule has 0 aromatic carbocycles. The summed E-state index contributed by atoms with van der Waals surface area (Å²) in [6.45, 7) is 0.313. The molecule has 0 saturated heterocycles. The van der Waals surface area contributed by atoms with E-state index < -0.39 is 6.10 Å². The van der Waals surface area contributed by atoms with Crippen LogP contribution < -0.4 is 11.1 Å². The molecule has 2 atom stereocenters. The number of hydrogen-bond acceptors (Lipinski definition) is 4. The minimum Gasteiger partial charge on any atom is -0.391 e. The lowest BCUT2D eigenvalue weighted by atomic mass is 9.92. The Morgan fingerprint density at radius 1 is 1.50 bits per heavy atom. The van der Waals surface area contributed by atoms with Crippen LogP contribution in [0.5, 0.6) is 0 Å². The molecule has 1 saturated carbocycles. The third kappa shape index (κ3) is 3.05. The van der Waals surface area contributed by atoms with Crippen molar-refractivity contribution in [2.45, 2.75) is 44.4 Å². The van der Waals surface area contributed by atoms with Gasteiger partial charge in [0, 0.05) is 18.3 Å². The molecule has 2 rings (SSSR count). The molecule has 1 aliphatic rings. The van der Waals surface area contributed by atoms with E-state index in [-0.39, 0.29) is 11.9 Å². The van der Waals surface area contributed by atoms with E-state index in [0.717, 1.165) is 25.7 Å². The van der Waals surface area contributed by atoms with E-state index in [1.54, 1.807) is 18.3 Å². The van der Waals surface area contributed by atoms with E-state index in [4.69, 9.17) is 5.73 Å². The smallest absolute Gasteiger partial charge is 0.251 e. The van der Waals surface area contributed by atoms with Crippen LogP contribution in [0, 0.1) is 0 Å². The number of nitrogens with zero attached hydrogens (tertiary/aromatic N) is 1. The number of nitrogens with two attached hydrogens (primary N) is 1. The maximum atomic E-state index is 12.0. The van der Waals surface area contributed by atoms with Gasteiger partial charge in [-0.2, -0.15) is 0 Å².